The van der Waals surface area contributed by atoms with Crippen LogP contribution in [0.15, 0.2) is 12.1 Å². The van der Waals surface area contributed by atoms with Gasteiger partial charge in [0.1, 0.15) is 11.6 Å². The molecular weight excluding hydrogens is 251 g/mol. The number of pyridine rings is 1. The van der Waals surface area contributed by atoms with Gasteiger partial charge in [0, 0.05) is 12.0 Å². The van der Waals surface area contributed by atoms with Gasteiger partial charge in [0.15, 0.2) is 5.78 Å². The van der Waals surface area contributed by atoms with Gasteiger partial charge in [-0.15, -0.1) is 0 Å². The molecule has 7 heteroatoms. The topological polar surface area (TPSA) is 56.3 Å². The predicted molar refractivity (Wildman–Crippen MR) is 52.8 cm³/mol. The van der Waals surface area contributed by atoms with Crippen LogP contribution in [0.5, 0.6) is 0 Å². The van der Waals surface area contributed by atoms with Crippen LogP contribution in [0.4, 0.5) is 13.2 Å². The Kier molecular flexibility index (Phi) is 2.84. The molecule has 1 aliphatic rings. The van der Waals surface area contributed by atoms with Crippen LogP contribution in [-0.2, 0) is 22.1 Å². The molecule has 0 bridgehead atoms. The van der Waals surface area contributed by atoms with Gasteiger partial charge in [0.2, 0.25) is 0 Å². The predicted octanol–water partition coefficient (Wildman–Crippen LogP) is 1.63. The largest absolute Gasteiger partial charge is 0.468 e. The molecule has 1 unspecified atom stereocenters. The SMILES string of the molecule is COC(=O)C1Cc2nc(C(F)(F)F)ccc2C1=O. The van der Waals surface area contributed by atoms with Crippen molar-refractivity contribution in [2.75, 3.05) is 7.11 Å². The number of alkyl halides is 3. The number of hydrogen-bond donors (Lipinski definition) is 0. The number of ketones is 1. The van der Waals surface area contributed by atoms with E-state index < -0.39 is 29.5 Å². The van der Waals surface area contributed by atoms with Crippen LogP contribution < -0.4 is 0 Å². The Labute approximate surface area is 99.8 Å². The maximum absolute atomic E-state index is 12.4. The first kappa shape index (κ1) is 12.5. The highest BCUT2D eigenvalue weighted by atomic mass is 19.4. The summed E-state index contributed by atoms with van der Waals surface area (Å²) in [6.45, 7) is 0. The Morgan fingerprint density at radius 1 is 1.44 bits per heavy atom. The first-order valence-electron chi connectivity index (χ1n) is 5.03. The highest BCUT2D eigenvalue weighted by Gasteiger charge is 2.40. The third-order valence-electron chi connectivity index (χ3n) is 2.73. The zero-order chi connectivity index (χ0) is 13.5. The van der Waals surface area contributed by atoms with E-state index in [9.17, 15) is 22.8 Å². The molecule has 1 aromatic heterocycles. The average molecular weight is 259 g/mol. The Morgan fingerprint density at radius 2 is 2.11 bits per heavy atom. The minimum atomic E-state index is -4.57. The standard InChI is InChI=1S/C11H8F3NO3/c1-18-10(17)6-4-7-5(9(6)16)2-3-8(15-7)11(12,13)14/h2-3,6H,4H2,1H3. The fourth-order valence-electron chi connectivity index (χ4n) is 1.85. The quantitative estimate of drug-likeness (QED) is 0.568. The van der Waals surface area contributed by atoms with Crippen LogP contribution >= 0.6 is 0 Å². The molecule has 96 valence electrons. The highest BCUT2D eigenvalue weighted by Crippen LogP contribution is 2.32. The molecule has 2 rings (SSSR count). The van der Waals surface area contributed by atoms with Crippen LogP contribution in [0.1, 0.15) is 21.7 Å². The van der Waals surface area contributed by atoms with Crippen LogP contribution in [0, 0.1) is 5.92 Å². The Hall–Kier alpha value is -1.92. The van der Waals surface area contributed by atoms with E-state index in [1.807, 2.05) is 0 Å². The maximum atomic E-state index is 12.4. The molecule has 0 aromatic carbocycles. The summed E-state index contributed by atoms with van der Waals surface area (Å²) in [7, 11) is 1.12. The van der Waals surface area contributed by atoms with E-state index in [1.165, 1.54) is 0 Å². The first-order valence-corrected chi connectivity index (χ1v) is 5.03. The second-order valence-electron chi connectivity index (χ2n) is 3.83. The van der Waals surface area contributed by atoms with Gasteiger partial charge in [-0.25, -0.2) is 4.98 Å². The number of carbonyl (C=O) groups is 2. The van der Waals surface area contributed by atoms with Crippen molar-refractivity contribution < 1.29 is 27.5 Å². The second kappa shape index (κ2) is 4.08. The lowest BCUT2D eigenvalue weighted by molar-refractivity contribution is -0.143. The minimum absolute atomic E-state index is 0.00905. The molecule has 1 heterocycles. The summed E-state index contributed by atoms with van der Waals surface area (Å²) in [4.78, 5) is 26.4. The van der Waals surface area contributed by atoms with Crippen molar-refractivity contribution in [3.8, 4) is 0 Å². The molecule has 0 fully saturated rings. The minimum Gasteiger partial charge on any atom is -0.468 e. The molecule has 18 heavy (non-hydrogen) atoms. The summed E-state index contributed by atoms with van der Waals surface area (Å²) in [5.41, 5.74) is -1.02. The number of halogens is 3. The molecule has 0 saturated carbocycles. The van der Waals surface area contributed by atoms with Gasteiger partial charge in [0.05, 0.1) is 12.8 Å². The van der Waals surface area contributed by atoms with E-state index in [1.54, 1.807) is 0 Å². The zero-order valence-corrected chi connectivity index (χ0v) is 9.25. The lowest BCUT2D eigenvalue weighted by atomic mass is 10.1. The summed E-state index contributed by atoms with van der Waals surface area (Å²) >= 11 is 0. The summed E-state index contributed by atoms with van der Waals surface area (Å²) in [5, 5.41) is 0. The van der Waals surface area contributed by atoms with E-state index in [0.717, 1.165) is 19.2 Å². The zero-order valence-electron chi connectivity index (χ0n) is 9.25. The Balaban J connectivity index is 2.38. The number of fused-ring (bicyclic) bond motifs is 1. The van der Waals surface area contributed by atoms with Gasteiger partial charge in [0.25, 0.3) is 0 Å². The number of hydrogen-bond acceptors (Lipinski definition) is 4. The van der Waals surface area contributed by atoms with Crippen molar-refractivity contribution in [3.63, 3.8) is 0 Å². The summed E-state index contributed by atoms with van der Waals surface area (Å²) < 4.78 is 41.7. The molecule has 1 aliphatic carbocycles. The first-order chi connectivity index (χ1) is 8.34. The van der Waals surface area contributed by atoms with Crippen LogP contribution in [0.25, 0.3) is 0 Å². The molecule has 0 aliphatic heterocycles. The number of rotatable bonds is 1. The van der Waals surface area contributed by atoms with Crippen LogP contribution in [-0.4, -0.2) is 23.8 Å². The molecular formula is C11H8F3NO3. The van der Waals surface area contributed by atoms with E-state index in [0.29, 0.717) is 0 Å². The van der Waals surface area contributed by atoms with E-state index in [2.05, 4.69) is 9.72 Å². The Morgan fingerprint density at radius 3 is 2.67 bits per heavy atom. The van der Waals surface area contributed by atoms with Gasteiger partial charge < -0.3 is 4.74 Å². The number of ether oxygens (including phenoxy) is 1. The van der Waals surface area contributed by atoms with Gasteiger partial charge >= 0.3 is 12.1 Å². The fourth-order valence-corrected chi connectivity index (χ4v) is 1.85. The highest BCUT2D eigenvalue weighted by molar-refractivity contribution is 6.11. The summed E-state index contributed by atoms with van der Waals surface area (Å²) in [5.74, 6) is -2.38. The lowest BCUT2D eigenvalue weighted by Crippen LogP contribution is -2.21. The second-order valence-corrected chi connectivity index (χ2v) is 3.83. The van der Waals surface area contributed by atoms with Crippen molar-refractivity contribution in [1.82, 2.24) is 4.98 Å². The van der Waals surface area contributed by atoms with E-state index >= 15 is 0 Å². The molecule has 4 nitrogen and oxygen atoms in total. The number of Topliss-reactive ketones (excluding diaryl/α,β-unsaturated/α-hetero) is 1. The number of methoxy groups -OCH3 is 1. The molecule has 0 N–H and O–H groups in total. The lowest BCUT2D eigenvalue weighted by Gasteiger charge is -2.06. The van der Waals surface area contributed by atoms with Crippen molar-refractivity contribution in [2.24, 2.45) is 5.92 Å². The molecule has 0 radical (unpaired) electrons. The smallest absolute Gasteiger partial charge is 0.433 e. The van der Waals surface area contributed by atoms with Gasteiger partial charge in [-0.3, -0.25) is 9.59 Å². The van der Waals surface area contributed by atoms with Gasteiger partial charge in [-0.05, 0) is 12.1 Å². The number of nitrogens with zero attached hydrogens (tertiary/aromatic N) is 1. The van der Waals surface area contributed by atoms with Crippen LogP contribution in [0.2, 0.25) is 0 Å². The van der Waals surface area contributed by atoms with Crippen molar-refractivity contribution in [1.29, 1.82) is 0 Å². The van der Waals surface area contributed by atoms with E-state index in [4.69, 9.17) is 0 Å². The monoisotopic (exact) mass is 259 g/mol. The van der Waals surface area contributed by atoms with Crippen molar-refractivity contribution >= 4 is 11.8 Å². The van der Waals surface area contributed by atoms with E-state index in [-0.39, 0.29) is 17.7 Å². The maximum Gasteiger partial charge on any atom is 0.433 e. The summed E-state index contributed by atoms with van der Waals surface area (Å²) in [6, 6.07) is 1.78. The van der Waals surface area contributed by atoms with Crippen molar-refractivity contribution in [2.45, 2.75) is 12.6 Å². The average Bonchev–Trinajstić information content (AvgIpc) is 2.64. The normalized spacial score (nSPS) is 18.7. The number of carbonyl (C=O) groups excluding carboxylic acids is 2. The Bertz CT molecular complexity index is 525. The fraction of sp³-hybridized carbons (Fsp3) is 0.364. The van der Waals surface area contributed by atoms with Gasteiger partial charge in [-0.1, -0.05) is 0 Å². The third kappa shape index (κ3) is 1.96. The third-order valence-corrected chi connectivity index (χ3v) is 2.73. The number of esters is 1. The molecule has 0 amide bonds. The van der Waals surface area contributed by atoms with Crippen LogP contribution in [0.3, 0.4) is 0 Å². The number of aromatic nitrogens is 1. The van der Waals surface area contributed by atoms with Gasteiger partial charge in [-0.2, -0.15) is 13.2 Å². The molecule has 1 aromatic rings. The summed E-state index contributed by atoms with van der Waals surface area (Å²) in [6.07, 6.45) is -4.72. The molecule has 1 atom stereocenters. The molecule has 0 spiro atoms. The molecule has 0 saturated heterocycles. The van der Waals surface area contributed by atoms with Crippen molar-refractivity contribution in [3.05, 3.63) is 29.1 Å².